The van der Waals surface area contributed by atoms with Crippen molar-refractivity contribution in [1.82, 2.24) is 14.3 Å². The maximum Gasteiger partial charge on any atom is 0.0933 e. The molecule has 0 bridgehead atoms. The molecular weight excluding hydrogens is 304 g/mol. The topological polar surface area (TPSA) is 48.8 Å². The minimum Gasteiger partial charge on any atom is -0.396 e. The first kappa shape index (κ1) is 12.3. The zero-order chi connectivity index (χ0) is 13.7. The van der Waals surface area contributed by atoms with Gasteiger partial charge in [0.1, 0.15) is 0 Å². The summed E-state index contributed by atoms with van der Waals surface area (Å²) in [6.07, 6.45) is 1.70. The first-order chi connectivity index (χ1) is 9.02. The van der Waals surface area contributed by atoms with Gasteiger partial charge in [-0.25, -0.2) is 0 Å². The van der Waals surface area contributed by atoms with E-state index in [1.807, 2.05) is 17.8 Å². The molecule has 0 aliphatic heterocycles. The number of halogens is 1. The van der Waals surface area contributed by atoms with Crippen LogP contribution in [-0.4, -0.2) is 14.3 Å². The summed E-state index contributed by atoms with van der Waals surface area (Å²) in [6, 6.07) is 6.21. The second kappa shape index (κ2) is 4.13. The molecule has 0 atom stereocenters. The quantitative estimate of drug-likeness (QED) is 0.748. The van der Waals surface area contributed by atoms with E-state index in [1.165, 1.54) is 16.6 Å². The Balaban J connectivity index is 2.52. The van der Waals surface area contributed by atoms with Crippen LogP contribution >= 0.6 is 15.9 Å². The predicted molar refractivity (Wildman–Crippen MR) is 82.0 cm³/mol. The molecule has 3 rings (SSSR count). The van der Waals surface area contributed by atoms with Gasteiger partial charge in [0.2, 0.25) is 0 Å². The Hall–Kier alpha value is -1.75. The van der Waals surface area contributed by atoms with Gasteiger partial charge in [-0.15, -0.1) is 0 Å². The Labute approximate surface area is 119 Å². The van der Waals surface area contributed by atoms with Gasteiger partial charge in [0.05, 0.1) is 17.6 Å². The van der Waals surface area contributed by atoms with Gasteiger partial charge >= 0.3 is 0 Å². The highest BCUT2D eigenvalue weighted by Gasteiger charge is 2.20. The molecule has 2 aromatic heterocycles. The fraction of sp³-hybridized carbons (Fsp3) is 0.214. The van der Waals surface area contributed by atoms with Gasteiger partial charge in [-0.05, 0) is 19.1 Å². The van der Waals surface area contributed by atoms with E-state index in [2.05, 4.69) is 51.7 Å². The lowest BCUT2D eigenvalue weighted by Crippen LogP contribution is -1.98. The Morgan fingerprint density at radius 1 is 1.26 bits per heavy atom. The minimum absolute atomic E-state index is 0.703. The molecule has 0 fully saturated rings. The van der Waals surface area contributed by atoms with Crippen molar-refractivity contribution in [2.75, 3.05) is 5.73 Å². The smallest absolute Gasteiger partial charge is 0.0933 e. The van der Waals surface area contributed by atoms with Crippen molar-refractivity contribution in [2.24, 2.45) is 14.1 Å². The van der Waals surface area contributed by atoms with Gasteiger partial charge in [-0.2, -0.15) is 5.10 Å². The Morgan fingerprint density at radius 2 is 2.00 bits per heavy atom. The van der Waals surface area contributed by atoms with Gasteiger partial charge in [0.25, 0.3) is 0 Å². The van der Waals surface area contributed by atoms with Crippen molar-refractivity contribution in [2.45, 2.75) is 6.92 Å². The summed E-state index contributed by atoms with van der Waals surface area (Å²) in [6.45, 7) is 2.11. The molecule has 1 aromatic carbocycles. The van der Waals surface area contributed by atoms with Crippen molar-refractivity contribution < 1.29 is 0 Å². The lowest BCUT2D eigenvalue weighted by Gasteiger charge is -2.05. The van der Waals surface area contributed by atoms with E-state index in [9.17, 15) is 0 Å². The van der Waals surface area contributed by atoms with Gasteiger partial charge in [0.15, 0.2) is 0 Å². The maximum absolute atomic E-state index is 6.08. The van der Waals surface area contributed by atoms with Gasteiger partial charge < -0.3 is 10.3 Å². The van der Waals surface area contributed by atoms with E-state index in [0.717, 1.165) is 15.7 Å². The molecule has 0 saturated carbocycles. The summed E-state index contributed by atoms with van der Waals surface area (Å²) < 4.78 is 5.09. The van der Waals surface area contributed by atoms with E-state index < -0.39 is 0 Å². The second-order valence-corrected chi connectivity index (χ2v) is 5.58. The number of aromatic nitrogens is 3. The van der Waals surface area contributed by atoms with E-state index in [0.29, 0.717) is 5.69 Å². The molecule has 2 heterocycles. The number of nitrogens with zero attached hydrogens (tertiary/aromatic N) is 3. The van der Waals surface area contributed by atoms with Crippen LogP contribution in [0.4, 0.5) is 5.69 Å². The summed E-state index contributed by atoms with van der Waals surface area (Å²) >= 11 is 3.65. The summed E-state index contributed by atoms with van der Waals surface area (Å²) in [7, 11) is 3.99. The molecule has 19 heavy (non-hydrogen) atoms. The van der Waals surface area contributed by atoms with Crippen LogP contribution in [0.15, 0.2) is 28.9 Å². The van der Waals surface area contributed by atoms with E-state index in [4.69, 9.17) is 5.73 Å². The van der Waals surface area contributed by atoms with Gasteiger partial charge in [0, 0.05) is 40.7 Å². The molecule has 0 aliphatic rings. The van der Waals surface area contributed by atoms with E-state index in [1.54, 1.807) is 6.20 Å². The largest absolute Gasteiger partial charge is 0.396 e. The number of hydrogen-bond acceptors (Lipinski definition) is 2. The summed E-state index contributed by atoms with van der Waals surface area (Å²) in [5.41, 5.74) is 11.3. The predicted octanol–water partition coefficient (Wildman–Crippen LogP) is 3.23. The SMILES string of the molecule is Cc1c(-c2c(N)cnn2C)c2c(Br)cccc2n1C. The van der Waals surface area contributed by atoms with Crippen LogP contribution in [0.2, 0.25) is 0 Å². The first-order valence-corrected chi connectivity index (χ1v) is 6.83. The number of hydrogen-bond donors (Lipinski definition) is 1. The molecule has 0 unspecified atom stereocenters. The zero-order valence-corrected chi connectivity index (χ0v) is 12.7. The molecule has 5 heteroatoms. The number of anilines is 1. The Morgan fingerprint density at radius 3 is 2.63 bits per heavy atom. The number of rotatable bonds is 1. The average molecular weight is 319 g/mol. The fourth-order valence-electron chi connectivity index (χ4n) is 2.62. The lowest BCUT2D eigenvalue weighted by molar-refractivity contribution is 0.774. The molecule has 2 N–H and O–H groups in total. The summed E-state index contributed by atoms with van der Waals surface area (Å²) in [5.74, 6) is 0. The van der Waals surface area contributed by atoms with Crippen LogP contribution in [0.3, 0.4) is 0 Å². The van der Waals surface area contributed by atoms with Gasteiger partial charge in [-0.3, -0.25) is 4.68 Å². The molecule has 0 amide bonds. The second-order valence-electron chi connectivity index (χ2n) is 4.73. The zero-order valence-electron chi connectivity index (χ0n) is 11.1. The third kappa shape index (κ3) is 1.61. The summed E-state index contributed by atoms with van der Waals surface area (Å²) in [5, 5.41) is 5.43. The van der Waals surface area contributed by atoms with E-state index in [-0.39, 0.29) is 0 Å². The van der Waals surface area contributed by atoms with Crippen molar-refractivity contribution in [3.63, 3.8) is 0 Å². The van der Waals surface area contributed by atoms with Crippen LogP contribution in [0.5, 0.6) is 0 Å². The highest BCUT2D eigenvalue weighted by Crippen LogP contribution is 2.39. The normalized spacial score (nSPS) is 11.4. The van der Waals surface area contributed by atoms with Crippen molar-refractivity contribution in [3.8, 4) is 11.3 Å². The highest BCUT2D eigenvalue weighted by atomic mass is 79.9. The van der Waals surface area contributed by atoms with Gasteiger partial charge in [-0.1, -0.05) is 22.0 Å². The minimum atomic E-state index is 0.703. The maximum atomic E-state index is 6.08. The number of fused-ring (bicyclic) bond motifs is 1. The molecule has 98 valence electrons. The summed E-state index contributed by atoms with van der Waals surface area (Å²) in [4.78, 5) is 0. The first-order valence-electron chi connectivity index (χ1n) is 6.03. The Kier molecular flexibility index (Phi) is 2.67. The molecule has 3 aromatic rings. The van der Waals surface area contributed by atoms with Crippen molar-refractivity contribution >= 4 is 32.5 Å². The van der Waals surface area contributed by atoms with Crippen molar-refractivity contribution in [1.29, 1.82) is 0 Å². The molecule has 0 saturated heterocycles. The molecule has 0 radical (unpaired) electrons. The van der Waals surface area contributed by atoms with Crippen LogP contribution in [0, 0.1) is 6.92 Å². The monoisotopic (exact) mass is 318 g/mol. The lowest BCUT2D eigenvalue weighted by atomic mass is 10.1. The third-order valence-electron chi connectivity index (χ3n) is 3.67. The highest BCUT2D eigenvalue weighted by molar-refractivity contribution is 9.10. The van der Waals surface area contributed by atoms with Crippen LogP contribution in [-0.2, 0) is 14.1 Å². The number of nitrogen functional groups attached to an aromatic ring is 1. The Bertz CT molecular complexity index is 763. The molecule has 0 spiro atoms. The number of nitrogens with two attached hydrogens (primary N) is 1. The standard InChI is InChI=1S/C14H15BrN4/c1-8-12(14-10(16)7-17-19(14)3)13-9(15)5-4-6-11(13)18(8)2/h4-7H,16H2,1-3H3. The molecule has 4 nitrogen and oxygen atoms in total. The average Bonchev–Trinajstić information content (AvgIpc) is 2.82. The van der Waals surface area contributed by atoms with Crippen LogP contribution in [0.25, 0.3) is 22.2 Å². The van der Waals surface area contributed by atoms with E-state index >= 15 is 0 Å². The van der Waals surface area contributed by atoms with Crippen LogP contribution in [0.1, 0.15) is 5.69 Å². The number of benzene rings is 1. The molecule has 0 aliphatic carbocycles. The van der Waals surface area contributed by atoms with Crippen LogP contribution < -0.4 is 5.73 Å². The third-order valence-corrected chi connectivity index (χ3v) is 4.33. The fourth-order valence-corrected chi connectivity index (χ4v) is 3.17. The van der Waals surface area contributed by atoms with Crippen molar-refractivity contribution in [3.05, 3.63) is 34.6 Å². The number of aryl methyl sites for hydroxylation is 2. The molecular formula is C14H15BrN4.